The molecule has 0 amide bonds. The normalized spacial score (nSPS) is 25.8. The zero-order valence-corrected chi connectivity index (χ0v) is 34.8. The van der Waals surface area contributed by atoms with Gasteiger partial charge in [-0.05, 0) is 89.8 Å². The summed E-state index contributed by atoms with van der Waals surface area (Å²) in [5.74, 6) is 2.73. The molecule has 6 aliphatic rings. The van der Waals surface area contributed by atoms with E-state index in [0.717, 1.165) is 61.3 Å². The van der Waals surface area contributed by atoms with Crippen LogP contribution >= 0.6 is 0 Å². The van der Waals surface area contributed by atoms with Gasteiger partial charge in [0, 0.05) is 63.1 Å². The topological polar surface area (TPSA) is 44.9 Å². The maximum Gasteiger partial charge on any atom is 0.152 e. The van der Waals surface area contributed by atoms with E-state index < -0.39 is 0 Å². The second-order valence-corrected chi connectivity index (χ2v) is 18.3. The first-order valence-electron chi connectivity index (χ1n) is 22.8. The fourth-order valence-corrected chi connectivity index (χ4v) is 12.2. The van der Waals surface area contributed by atoms with Gasteiger partial charge in [-0.1, -0.05) is 158 Å². The van der Waals surface area contributed by atoms with Gasteiger partial charge in [0.15, 0.2) is 6.17 Å². The van der Waals surface area contributed by atoms with E-state index in [0.29, 0.717) is 17.9 Å². The average molecular weight is 804 g/mol. The zero-order chi connectivity index (χ0) is 40.7. The van der Waals surface area contributed by atoms with Crippen molar-refractivity contribution >= 4 is 39.4 Å². The van der Waals surface area contributed by atoms with Crippen molar-refractivity contribution in [2.75, 3.05) is 0 Å². The number of para-hydroxylation sites is 1. The first-order chi connectivity index (χ1) is 30.7. The predicted molar refractivity (Wildman–Crippen MR) is 254 cm³/mol. The van der Waals surface area contributed by atoms with Crippen LogP contribution in [0.2, 0.25) is 0 Å². The molecule has 62 heavy (non-hydrogen) atoms. The number of allylic oxidation sites excluding steroid dienone is 3. The highest BCUT2D eigenvalue weighted by atomic mass is 15.3. The Labute approximate surface area is 363 Å². The Balaban J connectivity index is 0.942. The minimum Gasteiger partial charge on any atom is -0.367 e. The molecule has 4 aliphatic carbocycles. The van der Waals surface area contributed by atoms with Crippen LogP contribution in [0.4, 0.5) is 0 Å². The number of hydrogen-bond donors (Lipinski definition) is 1. The number of amidine groups is 2. The molecule has 0 bridgehead atoms. The maximum atomic E-state index is 5.59. The number of benzene rings is 6. The van der Waals surface area contributed by atoms with E-state index in [9.17, 15) is 0 Å². The van der Waals surface area contributed by atoms with Crippen molar-refractivity contribution in [1.29, 1.82) is 0 Å². The van der Waals surface area contributed by atoms with Gasteiger partial charge >= 0.3 is 0 Å². The third-order valence-corrected chi connectivity index (χ3v) is 15.0. The number of rotatable bonds is 5. The summed E-state index contributed by atoms with van der Waals surface area (Å²) in [4.78, 5) is 14.1. The third-order valence-electron chi connectivity index (χ3n) is 15.0. The number of fused-ring (bicyclic) bond motifs is 10. The molecule has 3 heterocycles. The van der Waals surface area contributed by atoms with Crippen molar-refractivity contribution < 1.29 is 0 Å². The van der Waals surface area contributed by atoms with Crippen LogP contribution in [-0.2, 0) is 19.3 Å². The number of aliphatic imine (C=N–C) groups is 2. The average Bonchev–Trinajstić information content (AvgIpc) is 3.85. The fourth-order valence-electron chi connectivity index (χ4n) is 12.2. The molecular formula is C57H49N5. The maximum absolute atomic E-state index is 5.59. The summed E-state index contributed by atoms with van der Waals surface area (Å²) in [7, 11) is 0. The van der Waals surface area contributed by atoms with Crippen LogP contribution in [-0.4, -0.2) is 39.4 Å². The van der Waals surface area contributed by atoms with Crippen molar-refractivity contribution in [1.82, 2.24) is 14.8 Å². The number of aryl methyl sites for hydroxylation is 2. The Hall–Kier alpha value is -6.72. The molecule has 0 spiro atoms. The molecule has 1 N–H and O–H groups in total. The Bertz CT molecular complexity index is 3070. The highest BCUT2D eigenvalue weighted by Crippen LogP contribution is 2.54. The van der Waals surface area contributed by atoms with Crippen molar-refractivity contribution in [2.45, 2.75) is 62.8 Å². The first-order valence-corrected chi connectivity index (χ1v) is 22.8. The summed E-state index contributed by atoms with van der Waals surface area (Å²) in [6.45, 7) is 0. The molecule has 1 aromatic heterocycles. The highest BCUT2D eigenvalue weighted by molar-refractivity contribution is 6.16. The fraction of sp³-hybridized carbons (Fsp3) is 0.228. The molecule has 5 nitrogen and oxygen atoms in total. The first kappa shape index (κ1) is 36.0. The van der Waals surface area contributed by atoms with Gasteiger partial charge in [-0.25, -0.2) is 9.98 Å². The summed E-state index contributed by atoms with van der Waals surface area (Å²) in [6.07, 6.45) is 18.8. The molecule has 13 rings (SSSR count). The lowest BCUT2D eigenvalue weighted by atomic mass is 9.76. The van der Waals surface area contributed by atoms with Gasteiger partial charge in [-0.2, -0.15) is 0 Å². The van der Waals surface area contributed by atoms with E-state index in [1.54, 1.807) is 0 Å². The molecular weight excluding hydrogens is 755 g/mol. The lowest BCUT2D eigenvalue weighted by Gasteiger charge is -2.45. The van der Waals surface area contributed by atoms with Gasteiger partial charge in [-0.15, -0.1) is 0 Å². The number of aromatic nitrogens is 1. The smallest absolute Gasteiger partial charge is 0.152 e. The number of nitrogens with zero attached hydrogens (tertiary/aromatic N) is 4. The molecule has 1 saturated heterocycles. The highest BCUT2D eigenvalue weighted by Gasteiger charge is 2.52. The molecule has 7 atom stereocenters. The molecule has 2 aliphatic heterocycles. The number of nitrogens with one attached hydrogen (secondary N) is 1. The lowest BCUT2D eigenvalue weighted by Crippen LogP contribution is -2.50. The summed E-state index contributed by atoms with van der Waals surface area (Å²) in [5, 5.41) is 7.57. The monoisotopic (exact) mass is 803 g/mol. The van der Waals surface area contributed by atoms with E-state index in [1.807, 2.05) is 0 Å². The molecule has 7 unspecified atom stereocenters. The van der Waals surface area contributed by atoms with Gasteiger partial charge in [0.1, 0.15) is 11.7 Å². The predicted octanol–water partition coefficient (Wildman–Crippen LogP) is 11.7. The number of likely N-dealkylation sites (tertiary alicyclic amines) is 1. The second kappa shape index (κ2) is 14.4. The van der Waals surface area contributed by atoms with Gasteiger partial charge in [0.05, 0.1) is 11.7 Å². The second-order valence-electron chi connectivity index (χ2n) is 18.3. The Morgan fingerprint density at radius 1 is 0.613 bits per heavy atom. The molecule has 0 saturated carbocycles. The van der Waals surface area contributed by atoms with Crippen molar-refractivity contribution in [3.05, 3.63) is 209 Å². The number of hydrogen-bond acceptors (Lipinski definition) is 4. The van der Waals surface area contributed by atoms with Crippen molar-refractivity contribution in [3.63, 3.8) is 0 Å². The van der Waals surface area contributed by atoms with Crippen LogP contribution in [0.3, 0.4) is 0 Å². The van der Waals surface area contributed by atoms with E-state index in [-0.39, 0.29) is 24.2 Å². The van der Waals surface area contributed by atoms with Gasteiger partial charge in [0.25, 0.3) is 0 Å². The molecule has 6 aromatic carbocycles. The van der Waals surface area contributed by atoms with E-state index >= 15 is 0 Å². The lowest BCUT2D eigenvalue weighted by molar-refractivity contribution is 0.125. The van der Waals surface area contributed by atoms with Crippen LogP contribution in [0.5, 0.6) is 0 Å². The minimum atomic E-state index is -0.282. The minimum absolute atomic E-state index is 0.0916. The van der Waals surface area contributed by atoms with Crippen molar-refractivity contribution in [3.8, 4) is 11.3 Å². The third kappa shape index (κ3) is 5.74. The van der Waals surface area contributed by atoms with Crippen LogP contribution in [0.1, 0.15) is 58.7 Å². The zero-order valence-electron chi connectivity index (χ0n) is 34.8. The summed E-state index contributed by atoms with van der Waals surface area (Å²) in [5.41, 5.74) is 13.7. The van der Waals surface area contributed by atoms with Gasteiger partial charge in [0.2, 0.25) is 0 Å². The van der Waals surface area contributed by atoms with Crippen LogP contribution < -0.4 is 5.32 Å². The molecule has 1 fully saturated rings. The van der Waals surface area contributed by atoms with Gasteiger partial charge in [-0.3, -0.25) is 0 Å². The van der Waals surface area contributed by atoms with E-state index in [1.165, 1.54) is 60.9 Å². The van der Waals surface area contributed by atoms with Gasteiger partial charge < -0.3 is 14.8 Å². The van der Waals surface area contributed by atoms with Crippen LogP contribution in [0.15, 0.2) is 186 Å². The Morgan fingerprint density at radius 3 is 2.31 bits per heavy atom. The van der Waals surface area contributed by atoms with Crippen molar-refractivity contribution in [2.24, 2.45) is 27.7 Å². The molecule has 5 heteroatoms. The van der Waals surface area contributed by atoms with Crippen LogP contribution in [0, 0.1) is 17.8 Å². The summed E-state index contributed by atoms with van der Waals surface area (Å²) < 4.78 is 2.74. The Morgan fingerprint density at radius 2 is 1.39 bits per heavy atom. The standard InChI is InChI=1S/C57H49N5/c1-2-16-38(17-3-1)55-58-56(42-27-26-36-14-4-5-18-39(36)32-42)60-57(59-55)48-23-11-13-25-51(48)62-52-34-41-20-7-6-19-40(41)33-49(52)46-31-29-43(35-53(46)62)61-50-24-12-10-22-45(50)47-30-28-37-15-8-9-21-44(37)54(47)61/h1-12,14-24,26-27,29,31-32,34,43,46,48-49,51,53,57H,13,25,28,30,33,35H2,(H,58,59,60). The SMILES string of the molecule is C1=CC(C2N=C(c3ccccc3)NC(c3ccc4ccccc4c3)=N2)C(N2C3=Cc4ccccc4CC3C3C=CC(n4c5c(c6ccccc64)CCc4ccccc4-5)CC32)CC1. The Kier molecular flexibility index (Phi) is 8.38. The van der Waals surface area contributed by atoms with Crippen LogP contribution in [0.25, 0.3) is 39.0 Å². The molecule has 0 radical (unpaired) electrons. The largest absolute Gasteiger partial charge is 0.367 e. The van der Waals surface area contributed by atoms with E-state index in [4.69, 9.17) is 9.98 Å². The summed E-state index contributed by atoms with van der Waals surface area (Å²) in [6, 6.07) is 54.2. The quantitative estimate of drug-likeness (QED) is 0.176. The molecule has 302 valence electrons. The summed E-state index contributed by atoms with van der Waals surface area (Å²) >= 11 is 0. The molecule has 7 aromatic rings. The van der Waals surface area contributed by atoms with E-state index in [2.05, 4.69) is 191 Å².